The Kier molecular flexibility index (Phi) is 3.54. The average molecular weight is 331 g/mol. The third-order valence-electron chi connectivity index (χ3n) is 4.64. The first-order valence-electron chi connectivity index (χ1n) is 7.78. The van der Waals surface area contributed by atoms with Gasteiger partial charge in [-0.15, -0.1) is 0 Å². The molecule has 0 spiro atoms. The number of hydrogen-bond acceptors (Lipinski definition) is 4. The van der Waals surface area contributed by atoms with E-state index >= 15 is 0 Å². The van der Waals surface area contributed by atoms with Crippen LogP contribution in [0, 0.1) is 4.77 Å². The third kappa shape index (κ3) is 2.60. The predicted molar refractivity (Wildman–Crippen MR) is 87.8 cm³/mol. The summed E-state index contributed by atoms with van der Waals surface area (Å²) in [6.45, 7) is -0.0765. The van der Waals surface area contributed by atoms with Crippen LogP contribution in [-0.2, 0) is 16.1 Å². The van der Waals surface area contributed by atoms with E-state index in [2.05, 4.69) is 10.3 Å². The number of rotatable bonds is 3. The molecule has 0 saturated carbocycles. The van der Waals surface area contributed by atoms with Gasteiger partial charge in [-0.2, -0.15) is 0 Å². The minimum atomic E-state index is -0.247. The lowest BCUT2D eigenvalue weighted by Crippen LogP contribution is -2.44. The Morgan fingerprint density at radius 3 is 2.96 bits per heavy atom. The molecule has 2 bridgehead atoms. The number of carbonyl (C=O) groups is 1. The quantitative estimate of drug-likeness (QED) is 0.836. The van der Waals surface area contributed by atoms with Crippen LogP contribution in [0.4, 0.5) is 0 Å². The number of aromatic amines is 1. The van der Waals surface area contributed by atoms with Gasteiger partial charge in [0.25, 0.3) is 5.56 Å². The van der Waals surface area contributed by atoms with Crippen LogP contribution in [0.3, 0.4) is 0 Å². The number of ether oxygens (including phenoxy) is 1. The molecule has 0 aliphatic carbocycles. The minimum Gasteiger partial charge on any atom is -0.373 e. The molecule has 2 aliphatic heterocycles. The Balaban J connectivity index is 1.56. The zero-order chi connectivity index (χ0) is 16.0. The van der Waals surface area contributed by atoms with Gasteiger partial charge < -0.3 is 15.0 Å². The van der Waals surface area contributed by atoms with Crippen LogP contribution in [0.5, 0.6) is 0 Å². The summed E-state index contributed by atoms with van der Waals surface area (Å²) >= 11 is 5.22. The Bertz CT molecular complexity index is 888. The highest BCUT2D eigenvalue weighted by Crippen LogP contribution is 2.34. The fourth-order valence-corrected chi connectivity index (χ4v) is 3.79. The number of amides is 1. The van der Waals surface area contributed by atoms with Crippen LogP contribution in [0.15, 0.2) is 29.1 Å². The van der Waals surface area contributed by atoms with Crippen molar-refractivity contribution in [1.82, 2.24) is 14.9 Å². The number of nitrogens with one attached hydrogen (secondary N) is 2. The van der Waals surface area contributed by atoms with Crippen LogP contribution in [0.1, 0.15) is 19.3 Å². The molecule has 0 radical (unpaired) electrons. The average Bonchev–Trinajstić information content (AvgIpc) is 3.14. The topological polar surface area (TPSA) is 76.1 Å². The lowest BCUT2D eigenvalue weighted by Gasteiger charge is -2.20. The van der Waals surface area contributed by atoms with Gasteiger partial charge in [0.15, 0.2) is 4.77 Å². The van der Waals surface area contributed by atoms with Gasteiger partial charge in [0.2, 0.25) is 5.91 Å². The van der Waals surface area contributed by atoms with Gasteiger partial charge >= 0.3 is 0 Å². The number of carbonyl (C=O) groups excluding carboxylic acids is 1. The second-order valence-electron chi connectivity index (χ2n) is 6.15. The highest BCUT2D eigenvalue weighted by molar-refractivity contribution is 7.71. The molecule has 1 aromatic heterocycles. The molecule has 6 nitrogen and oxygen atoms in total. The van der Waals surface area contributed by atoms with E-state index in [1.54, 1.807) is 18.2 Å². The molecule has 0 unspecified atom stereocenters. The zero-order valence-corrected chi connectivity index (χ0v) is 13.3. The Hall–Kier alpha value is -1.99. The SMILES string of the molecule is O=C(Cn1c(=S)[nH]c2ccccc2c1=O)N[C@H]1C[C@H]2CC[C@H]1O2. The van der Waals surface area contributed by atoms with E-state index in [0.29, 0.717) is 10.9 Å². The molecule has 4 rings (SSSR count). The lowest BCUT2D eigenvalue weighted by molar-refractivity contribution is -0.122. The summed E-state index contributed by atoms with van der Waals surface area (Å²) in [6.07, 6.45) is 3.32. The van der Waals surface area contributed by atoms with Gasteiger partial charge in [-0.3, -0.25) is 14.2 Å². The van der Waals surface area contributed by atoms with Gasteiger partial charge in [0.05, 0.1) is 29.2 Å². The van der Waals surface area contributed by atoms with Crippen molar-refractivity contribution in [2.75, 3.05) is 0 Å². The summed E-state index contributed by atoms with van der Waals surface area (Å²) < 4.78 is 7.30. The van der Waals surface area contributed by atoms with Crippen molar-refractivity contribution in [3.8, 4) is 0 Å². The molecule has 7 heteroatoms. The molecule has 3 heterocycles. The summed E-state index contributed by atoms with van der Waals surface area (Å²) in [4.78, 5) is 27.8. The molecule has 23 heavy (non-hydrogen) atoms. The largest absolute Gasteiger partial charge is 0.373 e. The molecule has 2 saturated heterocycles. The summed E-state index contributed by atoms with van der Waals surface area (Å²) in [5.74, 6) is -0.206. The lowest BCUT2D eigenvalue weighted by atomic mass is 9.95. The summed E-state index contributed by atoms with van der Waals surface area (Å²) in [7, 11) is 0. The van der Waals surface area contributed by atoms with Crippen molar-refractivity contribution < 1.29 is 9.53 Å². The molecule has 1 aromatic carbocycles. The Labute approximate surface area is 137 Å². The van der Waals surface area contributed by atoms with Gasteiger partial charge in [0.1, 0.15) is 6.54 Å². The van der Waals surface area contributed by atoms with E-state index < -0.39 is 0 Å². The van der Waals surface area contributed by atoms with E-state index in [4.69, 9.17) is 17.0 Å². The minimum absolute atomic E-state index is 0.0509. The number of nitrogens with zero attached hydrogens (tertiary/aromatic N) is 1. The van der Waals surface area contributed by atoms with E-state index in [9.17, 15) is 9.59 Å². The molecule has 2 N–H and O–H groups in total. The number of H-pyrrole nitrogens is 1. The monoisotopic (exact) mass is 331 g/mol. The van der Waals surface area contributed by atoms with Crippen LogP contribution in [0.2, 0.25) is 0 Å². The van der Waals surface area contributed by atoms with E-state index in [0.717, 1.165) is 19.3 Å². The van der Waals surface area contributed by atoms with Crippen LogP contribution < -0.4 is 10.9 Å². The molecule has 2 fully saturated rings. The first-order valence-corrected chi connectivity index (χ1v) is 8.19. The van der Waals surface area contributed by atoms with E-state index in [1.165, 1.54) is 4.57 Å². The zero-order valence-electron chi connectivity index (χ0n) is 12.5. The smallest absolute Gasteiger partial charge is 0.262 e. The van der Waals surface area contributed by atoms with Gasteiger partial charge in [-0.05, 0) is 43.6 Å². The number of fused-ring (bicyclic) bond motifs is 3. The molecular formula is C16H17N3O3S. The van der Waals surface area contributed by atoms with Crippen molar-refractivity contribution in [3.63, 3.8) is 0 Å². The van der Waals surface area contributed by atoms with Crippen LogP contribution >= 0.6 is 12.2 Å². The molecular weight excluding hydrogens is 314 g/mol. The predicted octanol–water partition coefficient (Wildman–Crippen LogP) is 1.50. The fourth-order valence-electron chi connectivity index (χ4n) is 3.53. The first-order chi connectivity index (χ1) is 11.1. The molecule has 120 valence electrons. The van der Waals surface area contributed by atoms with Gasteiger partial charge in [-0.25, -0.2) is 0 Å². The first kappa shape index (κ1) is 14.6. The molecule has 2 aliphatic rings. The highest BCUT2D eigenvalue weighted by atomic mass is 32.1. The highest BCUT2D eigenvalue weighted by Gasteiger charge is 2.41. The Morgan fingerprint density at radius 2 is 2.22 bits per heavy atom. The third-order valence-corrected chi connectivity index (χ3v) is 4.97. The number of para-hydroxylation sites is 1. The van der Waals surface area contributed by atoms with E-state index in [1.807, 2.05) is 6.07 Å². The van der Waals surface area contributed by atoms with Gasteiger partial charge in [-0.1, -0.05) is 12.1 Å². The van der Waals surface area contributed by atoms with Crippen molar-refractivity contribution in [2.24, 2.45) is 0 Å². The van der Waals surface area contributed by atoms with E-state index in [-0.39, 0.29) is 41.0 Å². The molecule has 2 aromatic rings. The number of hydrogen-bond donors (Lipinski definition) is 2. The Morgan fingerprint density at radius 1 is 1.39 bits per heavy atom. The molecule has 3 atom stereocenters. The fraction of sp³-hybridized carbons (Fsp3) is 0.438. The number of aromatic nitrogens is 2. The normalized spacial score (nSPS) is 25.8. The molecule has 1 amide bonds. The van der Waals surface area contributed by atoms with Gasteiger partial charge in [0, 0.05) is 0 Å². The summed E-state index contributed by atoms with van der Waals surface area (Å²) in [5.41, 5.74) is 0.435. The van der Waals surface area contributed by atoms with Crippen molar-refractivity contribution in [3.05, 3.63) is 39.4 Å². The maximum atomic E-state index is 12.5. The second-order valence-corrected chi connectivity index (χ2v) is 6.54. The number of benzene rings is 1. The van der Waals surface area contributed by atoms with Crippen molar-refractivity contribution in [2.45, 2.75) is 44.1 Å². The summed E-state index contributed by atoms with van der Waals surface area (Å²) in [6, 6.07) is 7.19. The maximum absolute atomic E-state index is 12.5. The standard InChI is InChI=1S/C16H17N3O3S/c20-14(17-12-7-9-5-6-13(12)22-9)8-19-15(21)10-3-1-2-4-11(10)18-16(19)23/h1-4,9,12-13H,5-8H2,(H,17,20)(H,18,23)/t9-,12+,13-/m1/s1. The van der Waals surface area contributed by atoms with Crippen LogP contribution in [0.25, 0.3) is 10.9 Å². The summed E-state index contributed by atoms with van der Waals surface area (Å²) in [5, 5.41) is 3.50. The maximum Gasteiger partial charge on any atom is 0.262 e. The van der Waals surface area contributed by atoms with Crippen LogP contribution in [-0.4, -0.2) is 33.7 Å². The second kappa shape index (κ2) is 5.58. The van der Waals surface area contributed by atoms with Crippen molar-refractivity contribution >= 4 is 29.0 Å². The van der Waals surface area contributed by atoms with Crippen molar-refractivity contribution in [1.29, 1.82) is 0 Å².